The fourth-order valence-electron chi connectivity index (χ4n) is 1.52. The normalized spacial score (nSPS) is 25.2. The minimum atomic E-state index is -1.33. The summed E-state index contributed by atoms with van der Waals surface area (Å²) in [6, 6.07) is -1.79. The standard InChI is InChI=1S/C9H15N3O5/c10-5-3-17-2-4(5)8(14)12-6(9(15)16)1-7(11)13/h4-6H,1-3,10H2,(H2,11,13)(H,12,14)(H,15,16)/t4?,5?,6-/m0/s1. The number of amides is 2. The number of nitrogens with two attached hydrogens (primary N) is 2. The van der Waals surface area contributed by atoms with Crippen LogP contribution in [-0.4, -0.2) is 48.2 Å². The third kappa shape index (κ3) is 3.68. The lowest BCUT2D eigenvalue weighted by molar-refractivity contribution is -0.144. The number of carbonyl (C=O) groups is 3. The van der Waals surface area contributed by atoms with Gasteiger partial charge in [0.05, 0.1) is 25.6 Å². The van der Waals surface area contributed by atoms with Crippen molar-refractivity contribution in [3.05, 3.63) is 0 Å². The van der Waals surface area contributed by atoms with E-state index < -0.39 is 42.2 Å². The molecule has 17 heavy (non-hydrogen) atoms. The Labute approximate surface area is 97.3 Å². The second-order valence-corrected chi connectivity index (χ2v) is 3.88. The summed E-state index contributed by atoms with van der Waals surface area (Å²) < 4.78 is 4.99. The molecule has 0 aromatic carbocycles. The van der Waals surface area contributed by atoms with Crippen molar-refractivity contribution in [2.45, 2.75) is 18.5 Å². The number of aliphatic carboxylic acids is 1. The van der Waals surface area contributed by atoms with Gasteiger partial charge in [0.1, 0.15) is 6.04 Å². The first kappa shape index (κ1) is 13.4. The zero-order chi connectivity index (χ0) is 13.0. The zero-order valence-corrected chi connectivity index (χ0v) is 9.09. The van der Waals surface area contributed by atoms with Crippen LogP contribution in [0.15, 0.2) is 0 Å². The van der Waals surface area contributed by atoms with E-state index >= 15 is 0 Å². The quantitative estimate of drug-likeness (QED) is 0.418. The summed E-state index contributed by atoms with van der Waals surface area (Å²) in [5.41, 5.74) is 10.5. The Kier molecular flexibility index (Phi) is 4.41. The maximum Gasteiger partial charge on any atom is 0.326 e. The highest BCUT2D eigenvalue weighted by molar-refractivity contribution is 5.89. The Hall–Kier alpha value is -1.67. The lowest BCUT2D eigenvalue weighted by Crippen LogP contribution is -2.49. The molecule has 2 amide bonds. The number of ether oxygens (including phenoxy) is 1. The van der Waals surface area contributed by atoms with Gasteiger partial charge in [-0.05, 0) is 0 Å². The third-order valence-electron chi connectivity index (χ3n) is 2.48. The van der Waals surface area contributed by atoms with Gasteiger partial charge in [-0.25, -0.2) is 4.79 Å². The number of carboxylic acids is 1. The molecule has 1 saturated heterocycles. The fourth-order valence-corrected chi connectivity index (χ4v) is 1.52. The van der Waals surface area contributed by atoms with Crippen LogP contribution in [0.2, 0.25) is 0 Å². The molecule has 1 aliphatic rings. The smallest absolute Gasteiger partial charge is 0.326 e. The van der Waals surface area contributed by atoms with Crippen LogP contribution in [0.3, 0.4) is 0 Å². The second kappa shape index (κ2) is 5.60. The monoisotopic (exact) mass is 245 g/mol. The number of carbonyl (C=O) groups excluding carboxylic acids is 2. The fraction of sp³-hybridized carbons (Fsp3) is 0.667. The number of nitrogens with one attached hydrogen (secondary N) is 1. The predicted octanol–water partition coefficient (Wildman–Crippen LogP) is -2.60. The summed E-state index contributed by atoms with van der Waals surface area (Å²) in [7, 11) is 0. The van der Waals surface area contributed by atoms with E-state index in [1.54, 1.807) is 0 Å². The molecule has 8 heteroatoms. The number of hydrogen-bond donors (Lipinski definition) is 4. The molecule has 0 radical (unpaired) electrons. The van der Waals surface area contributed by atoms with Gasteiger partial charge in [-0.3, -0.25) is 9.59 Å². The summed E-state index contributed by atoms with van der Waals surface area (Å²) in [5.74, 6) is -3.25. The first-order chi connectivity index (χ1) is 7.91. The highest BCUT2D eigenvalue weighted by atomic mass is 16.5. The Morgan fingerprint density at radius 1 is 1.41 bits per heavy atom. The van der Waals surface area contributed by atoms with E-state index in [-0.39, 0.29) is 13.2 Å². The summed E-state index contributed by atoms with van der Waals surface area (Å²) in [6.45, 7) is 0.404. The van der Waals surface area contributed by atoms with Crippen LogP contribution in [0.4, 0.5) is 0 Å². The van der Waals surface area contributed by atoms with Crippen molar-refractivity contribution in [3.8, 4) is 0 Å². The van der Waals surface area contributed by atoms with Gasteiger partial charge in [0.15, 0.2) is 0 Å². The molecule has 1 heterocycles. The van der Waals surface area contributed by atoms with E-state index in [1.807, 2.05) is 0 Å². The molecule has 8 nitrogen and oxygen atoms in total. The van der Waals surface area contributed by atoms with Crippen molar-refractivity contribution in [2.75, 3.05) is 13.2 Å². The minimum Gasteiger partial charge on any atom is -0.480 e. The van der Waals surface area contributed by atoms with Crippen molar-refractivity contribution in [1.82, 2.24) is 5.32 Å². The maximum absolute atomic E-state index is 11.7. The molecular formula is C9H15N3O5. The van der Waals surface area contributed by atoms with E-state index in [2.05, 4.69) is 5.32 Å². The van der Waals surface area contributed by atoms with Gasteiger partial charge in [-0.2, -0.15) is 0 Å². The average Bonchev–Trinajstić information content (AvgIpc) is 2.62. The SMILES string of the molecule is NC(=O)C[C@H](NC(=O)C1COCC1N)C(=O)O. The molecule has 2 unspecified atom stereocenters. The van der Waals surface area contributed by atoms with Gasteiger partial charge in [-0.15, -0.1) is 0 Å². The Bertz CT molecular complexity index is 333. The first-order valence-electron chi connectivity index (χ1n) is 5.06. The molecule has 0 spiro atoms. The molecule has 6 N–H and O–H groups in total. The van der Waals surface area contributed by atoms with Crippen molar-refractivity contribution in [2.24, 2.45) is 17.4 Å². The molecule has 0 aromatic rings. The minimum absolute atomic E-state index is 0.149. The van der Waals surface area contributed by atoms with Gasteiger partial charge in [0, 0.05) is 6.04 Å². The van der Waals surface area contributed by atoms with Crippen LogP contribution in [0.1, 0.15) is 6.42 Å². The number of primary amides is 1. The molecule has 0 bridgehead atoms. The van der Waals surface area contributed by atoms with Crippen LogP contribution < -0.4 is 16.8 Å². The van der Waals surface area contributed by atoms with E-state index in [0.717, 1.165) is 0 Å². The van der Waals surface area contributed by atoms with Crippen molar-refractivity contribution in [1.29, 1.82) is 0 Å². The first-order valence-corrected chi connectivity index (χ1v) is 5.06. The summed E-state index contributed by atoms with van der Waals surface area (Å²) in [4.78, 5) is 33.1. The molecule has 96 valence electrons. The van der Waals surface area contributed by atoms with Crippen LogP contribution in [0.5, 0.6) is 0 Å². The number of rotatable bonds is 5. The average molecular weight is 245 g/mol. The highest BCUT2D eigenvalue weighted by Crippen LogP contribution is 2.12. The van der Waals surface area contributed by atoms with Crippen LogP contribution in [0, 0.1) is 5.92 Å². The molecular weight excluding hydrogens is 230 g/mol. The molecule has 1 rings (SSSR count). The lowest BCUT2D eigenvalue weighted by Gasteiger charge is -2.17. The Morgan fingerprint density at radius 2 is 2.06 bits per heavy atom. The molecule has 0 aromatic heterocycles. The van der Waals surface area contributed by atoms with E-state index in [1.165, 1.54) is 0 Å². The second-order valence-electron chi connectivity index (χ2n) is 3.88. The van der Waals surface area contributed by atoms with E-state index in [4.69, 9.17) is 21.3 Å². The van der Waals surface area contributed by atoms with E-state index in [9.17, 15) is 14.4 Å². The van der Waals surface area contributed by atoms with Crippen LogP contribution in [-0.2, 0) is 19.1 Å². The van der Waals surface area contributed by atoms with Crippen molar-refractivity contribution >= 4 is 17.8 Å². The van der Waals surface area contributed by atoms with Gasteiger partial charge in [-0.1, -0.05) is 0 Å². The molecule has 3 atom stereocenters. The van der Waals surface area contributed by atoms with Crippen molar-refractivity contribution in [3.63, 3.8) is 0 Å². The largest absolute Gasteiger partial charge is 0.480 e. The Balaban J connectivity index is 2.57. The lowest BCUT2D eigenvalue weighted by atomic mass is 10.0. The van der Waals surface area contributed by atoms with Gasteiger partial charge in [0.25, 0.3) is 0 Å². The van der Waals surface area contributed by atoms with Gasteiger partial charge >= 0.3 is 5.97 Å². The number of carboxylic acid groups (broad SMARTS) is 1. The van der Waals surface area contributed by atoms with Crippen LogP contribution >= 0.6 is 0 Å². The molecule has 0 saturated carbocycles. The maximum atomic E-state index is 11.7. The van der Waals surface area contributed by atoms with Gasteiger partial charge in [0.2, 0.25) is 11.8 Å². The molecule has 1 aliphatic heterocycles. The predicted molar refractivity (Wildman–Crippen MR) is 55.7 cm³/mol. The van der Waals surface area contributed by atoms with Crippen LogP contribution in [0.25, 0.3) is 0 Å². The van der Waals surface area contributed by atoms with E-state index in [0.29, 0.717) is 0 Å². The third-order valence-corrected chi connectivity index (χ3v) is 2.48. The highest BCUT2D eigenvalue weighted by Gasteiger charge is 2.33. The summed E-state index contributed by atoms with van der Waals surface area (Å²) in [6.07, 6.45) is -0.454. The van der Waals surface area contributed by atoms with Gasteiger partial charge < -0.3 is 26.6 Å². The molecule has 1 fully saturated rings. The molecule has 0 aliphatic carbocycles. The number of hydrogen-bond acceptors (Lipinski definition) is 5. The zero-order valence-electron chi connectivity index (χ0n) is 9.09. The van der Waals surface area contributed by atoms with Crippen molar-refractivity contribution < 1.29 is 24.2 Å². The Morgan fingerprint density at radius 3 is 2.47 bits per heavy atom. The summed E-state index contributed by atoms with van der Waals surface area (Å²) >= 11 is 0. The topological polar surface area (TPSA) is 145 Å². The summed E-state index contributed by atoms with van der Waals surface area (Å²) in [5, 5.41) is 11.0.